The van der Waals surface area contributed by atoms with Gasteiger partial charge in [0.1, 0.15) is 0 Å². The SMILES string of the molecule is C=CCC(O)CC[C@H]1[C@@H](C/C=C\C/C(O)=C\C)[C@H]2CC[C@@H]1O2. The molecule has 0 saturated carbocycles. The van der Waals surface area contributed by atoms with Crippen LogP contribution in [-0.4, -0.2) is 28.5 Å². The number of ether oxygens (including phenoxy) is 1. The highest BCUT2D eigenvalue weighted by atomic mass is 16.5. The Morgan fingerprint density at radius 2 is 2.00 bits per heavy atom. The largest absolute Gasteiger partial charge is 0.512 e. The van der Waals surface area contributed by atoms with Crippen LogP contribution in [0.3, 0.4) is 0 Å². The van der Waals surface area contributed by atoms with Crippen LogP contribution in [0, 0.1) is 11.8 Å². The molecule has 1 unspecified atom stereocenters. The molecule has 2 saturated heterocycles. The van der Waals surface area contributed by atoms with Crippen LogP contribution in [0.25, 0.3) is 0 Å². The summed E-state index contributed by atoms with van der Waals surface area (Å²) in [4.78, 5) is 0. The van der Waals surface area contributed by atoms with E-state index in [1.54, 1.807) is 12.2 Å². The Hall–Kier alpha value is -1.06. The van der Waals surface area contributed by atoms with Crippen molar-refractivity contribution in [2.45, 2.75) is 70.2 Å². The Bertz CT molecular complexity index is 413. The first kappa shape index (κ1) is 17.3. The maximum absolute atomic E-state index is 9.91. The monoisotopic (exact) mass is 306 g/mol. The third-order valence-electron chi connectivity index (χ3n) is 5.10. The van der Waals surface area contributed by atoms with E-state index >= 15 is 0 Å². The van der Waals surface area contributed by atoms with Gasteiger partial charge in [-0.3, -0.25) is 0 Å². The van der Waals surface area contributed by atoms with Crippen LogP contribution >= 0.6 is 0 Å². The number of rotatable bonds is 9. The number of hydrogen-bond acceptors (Lipinski definition) is 3. The van der Waals surface area contributed by atoms with E-state index in [-0.39, 0.29) is 6.10 Å². The molecule has 2 aliphatic rings. The Labute approximate surface area is 134 Å². The topological polar surface area (TPSA) is 49.7 Å². The standard InChI is InChI=1S/C19H30O3/c1-3-7-15(21)10-11-17-16(18-12-13-19(17)22-18)9-6-5-8-14(20)4-2/h3-6,15-21H,1,7-13H2,2H3/b6-5-,14-4+/t15?,16-,17+,18-,19+/m1/s1. The molecule has 0 spiro atoms. The molecule has 0 aliphatic carbocycles. The second-order valence-corrected chi connectivity index (χ2v) is 6.56. The summed E-state index contributed by atoms with van der Waals surface area (Å²) in [5.74, 6) is 1.56. The summed E-state index contributed by atoms with van der Waals surface area (Å²) in [6.45, 7) is 5.53. The van der Waals surface area contributed by atoms with E-state index < -0.39 is 0 Å². The van der Waals surface area contributed by atoms with Crippen molar-refractivity contribution in [2.24, 2.45) is 11.8 Å². The van der Waals surface area contributed by atoms with Gasteiger partial charge >= 0.3 is 0 Å². The fourth-order valence-electron chi connectivity index (χ4n) is 3.87. The van der Waals surface area contributed by atoms with Crippen molar-refractivity contribution in [3.05, 3.63) is 36.6 Å². The number of hydrogen-bond donors (Lipinski definition) is 2. The molecule has 2 N–H and O–H groups in total. The number of aliphatic hydroxyl groups excluding tert-OH is 2. The normalized spacial score (nSPS) is 32.7. The molecule has 124 valence electrons. The summed E-state index contributed by atoms with van der Waals surface area (Å²) < 4.78 is 6.09. The van der Waals surface area contributed by atoms with Crippen LogP contribution in [0.2, 0.25) is 0 Å². The molecular weight excluding hydrogens is 276 g/mol. The van der Waals surface area contributed by atoms with Crippen molar-refractivity contribution in [2.75, 3.05) is 0 Å². The third kappa shape index (κ3) is 4.47. The fraction of sp³-hybridized carbons (Fsp3) is 0.684. The highest BCUT2D eigenvalue weighted by molar-refractivity contribution is 5.02. The van der Waals surface area contributed by atoms with Crippen molar-refractivity contribution in [3.8, 4) is 0 Å². The van der Waals surface area contributed by atoms with Gasteiger partial charge in [0, 0.05) is 6.42 Å². The minimum Gasteiger partial charge on any atom is -0.512 e. The van der Waals surface area contributed by atoms with Crippen LogP contribution in [-0.2, 0) is 4.74 Å². The number of fused-ring (bicyclic) bond motifs is 2. The van der Waals surface area contributed by atoms with Crippen molar-refractivity contribution in [3.63, 3.8) is 0 Å². The maximum atomic E-state index is 9.91. The van der Waals surface area contributed by atoms with Gasteiger partial charge in [-0.25, -0.2) is 0 Å². The highest BCUT2D eigenvalue weighted by Crippen LogP contribution is 2.47. The quantitative estimate of drug-likeness (QED) is 0.493. The summed E-state index contributed by atoms with van der Waals surface area (Å²) in [7, 11) is 0. The summed E-state index contributed by atoms with van der Waals surface area (Å²) in [5.41, 5.74) is 0. The molecule has 2 fully saturated rings. The van der Waals surface area contributed by atoms with E-state index in [1.165, 1.54) is 12.8 Å². The Morgan fingerprint density at radius 3 is 2.68 bits per heavy atom. The molecule has 0 aromatic heterocycles. The van der Waals surface area contributed by atoms with Crippen LogP contribution in [0.1, 0.15) is 51.9 Å². The minimum absolute atomic E-state index is 0.264. The van der Waals surface area contributed by atoms with E-state index in [0.29, 0.717) is 42.6 Å². The molecule has 2 aliphatic heterocycles. The first-order chi connectivity index (χ1) is 10.7. The highest BCUT2D eigenvalue weighted by Gasteiger charge is 2.47. The lowest BCUT2D eigenvalue weighted by molar-refractivity contribution is 0.0838. The maximum Gasteiger partial charge on any atom is 0.0917 e. The van der Waals surface area contributed by atoms with Crippen molar-refractivity contribution >= 4 is 0 Å². The second kappa shape index (κ2) is 8.54. The molecule has 2 rings (SSSR count). The van der Waals surface area contributed by atoms with Crippen molar-refractivity contribution in [1.29, 1.82) is 0 Å². The smallest absolute Gasteiger partial charge is 0.0917 e. The number of aliphatic hydroxyl groups is 2. The Kier molecular flexibility index (Phi) is 6.71. The molecule has 3 nitrogen and oxygen atoms in total. The number of allylic oxidation sites excluding steroid dienone is 3. The molecule has 3 heteroatoms. The third-order valence-corrected chi connectivity index (χ3v) is 5.10. The van der Waals surface area contributed by atoms with Crippen LogP contribution in [0.4, 0.5) is 0 Å². The van der Waals surface area contributed by atoms with E-state index in [0.717, 1.165) is 19.3 Å². The van der Waals surface area contributed by atoms with Gasteiger partial charge in [-0.2, -0.15) is 0 Å². The predicted molar refractivity (Wildman–Crippen MR) is 89.7 cm³/mol. The van der Waals surface area contributed by atoms with E-state index in [2.05, 4.69) is 12.7 Å². The molecule has 2 heterocycles. The molecular formula is C19H30O3. The van der Waals surface area contributed by atoms with Gasteiger partial charge in [0.25, 0.3) is 0 Å². The summed E-state index contributed by atoms with van der Waals surface area (Å²) in [6, 6.07) is 0. The fourth-order valence-corrected chi connectivity index (χ4v) is 3.87. The van der Waals surface area contributed by atoms with Gasteiger partial charge in [0.15, 0.2) is 0 Å². The zero-order chi connectivity index (χ0) is 15.9. The average Bonchev–Trinajstić information content (AvgIpc) is 3.10. The lowest BCUT2D eigenvalue weighted by Gasteiger charge is -2.27. The lowest BCUT2D eigenvalue weighted by Crippen LogP contribution is -2.27. The van der Waals surface area contributed by atoms with Gasteiger partial charge < -0.3 is 14.9 Å². The Balaban J connectivity index is 1.83. The summed E-state index contributed by atoms with van der Waals surface area (Å²) in [5, 5.41) is 19.4. The molecule has 0 aromatic carbocycles. The molecule has 0 amide bonds. The van der Waals surface area contributed by atoms with Crippen molar-refractivity contribution in [1.82, 2.24) is 0 Å². The molecule has 2 bridgehead atoms. The predicted octanol–water partition coefficient (Wildman–Crippen LogP) is 4.30. The van der Waals surface area contributed by atoms with Gasteiger partial charge in [-0.05, 0) is 63.4 Å². The van der Waals surface area contributed by atoms with Crippen LogP contribution in [0.15, 0.2) is 36.6 Å². The summed E-state index contributed by atoms with van der Waals surface area (Å²) >= 11 is 0. The van der Waals surface area contributed by atoms with Gasteiger partial charge in [0.05, 0.1) is 24.1 Å². The second-order valence-electron chi connectivity index (χ2n) is 6.56. The molecule has 22 heavy (non-hydrogen) atoms. The zero-order valence-corrected chi connectivity index (χ0v) is 13.7. The average molecular weight is 306 g/mol. The van der Waals surface area contributed by atoms with E-state index in [9.17, 15) is 10.2 Å². The molecule has 0 radical (unpaired) electrons. The van der Waals surface area contributed by atoms with E-state index in [4.69, 9.17) is 4.74 Å². The molecule has 5 atom stereocenters. The first-order valence-electron chi connectivity index (χ1n) is 8.59. The van der Waals surface area contributed by atoms with Crippen LogP contribution < -0.4 is 0 Å². The van der Waals surface area contributed by atoms with E-state index in [1.807, 2.05) is 13.0 Å². The Morgan fingerprint density at radius 1 is 1.27 bits per heavy atom. The first-order valence-corrected chi connectivity index (χ1v) is 8.59. The molecule has 0 aromatic rings. The van der Waals surface area contributed by atoms with Gasteiger partial charge in [0.2, 0.25) is 0 Å². The lowest BCUT2D eigenvalue weighted by atomic mass is 9.75. The minimum atomic E-state index is -0.264. The summed E-state index contributed by atoms with van der Waals surface area (Å²) in [6.07, 6.45) is 14.8. The van der Waals surface area contributed by atoms with Gasteiger partial charge in [-0.1, -0.05) is 18.2 Å². The zero-order valence-electron chi connectivity index (χ0n) is 13.7. The van der Waals surface area contributed by atoms with Crippen LogP contribution in [0.5, 0.6) is 0 Å². The van der Waals surface area contributed by atoms with Crippen molar-refractivity contribution < 1.29 is 14.9 Å². The van der Waals surface area contributed by atoms with Gasteiger partial charge in [-0.15, -0.1) is 6.58 Å².